The Morgan fingerprint density at radius 1 is 1.26 bits per heavy atom. The van der Waals surface area contributed by atoms with Crippen molar-refractivity contribution in [3.63, 3.8) is 0 Å². The maximum absolute atomic E-state index is 12.8. The molecular weight excluding hydrogens is 376 g/mol. The van der Waals surface area contributed by atoms with Gasteiger partial charge in [0, 0.05) is 29.4 Å². The van der Waals surface area contributed by atoms with Crippen LogP contribution >= 0.6 is 23.1 Å². The number of nitrogens with zero attached hydrogens (tertiary/aromatic N) is 2. The van der Waals surface area contributed by atoms with Gasteiger partial charge < -0.3 is 9.30 Å². The third kappa shape index (κ3) is 4.89. The van der Waals surface area contributed by atoms with Crippen molar-refractivity contribution in [1.82, 2.24) is 4.57 Å². The van der Waals surface area contributed by atoms with Crippen molar-refractivity contribution in [1.29, 1.82) is 0 Å². The molecule has 0 saturated heterocycles. The molecule has 3 aromatic rings. The van der Waals surface area contributed by atoms with Gasteiger partial charge in [-0.1, -0.05) is 37.3 Å². The van der Waals surface area contributed by atoms with Gasteiger partial charge in [-0.05, 0) is 42.8 Å². The van der Waals surface area contributed by atoms with Gasteiger partial charge in [-0.15, -0.1) is 11.8 Å². The number of thiazole rings is 1. The number of aromatic nitrogens is 1. The van der Waals surface area contributed by atoms with Crippen molar-refractivity contribution in [2.24, 2.45) is 4.99 Å². The van der Waals surface area contributed by atoms with E-state index in [4.69, 9.17) is 4.74 Å². The molecule has 2 aromatic carbocycles. The molecule has 0 N–H and O–H groups in total. The van der Waals surface area contributed by atoms with Crippen LogP contribution in [0.5, 0.6) is 0 Å². The van der Waals surface area contributed by atoms with Gasteiger partial charge in [-0.3, -0.25) is 4.79 Å². The Kier molecular flexibility index (Phi) is 6.52. The van der Waals surface area contributed by atoms with Crippen molar-refractivity contribution >= 4 is 39.2 Å². The molecule has 0 aliphatic carbocycles. The summed E-state index contributed by atoms with van der Waals surface area (Å²) in [6.07, 6.45) is 0. The number of hydrogen-bond donors (Lipinski definition) is 0. The summed E-state index contributed by atoms with van der Waals surface area (Å²) in [5.74, 6) is -0.212. The average Bonchev–Trinajstić information content (AvgIpc) is 2.95. The number of methoxy groups -OCH3 is 1. The number of benzene rings is 2. The van der Waals surface area contributed by atoms with Crippen LogP contribution in [0, 0.1) is 6.92 Å². The van der Waals surface area contributed by atoms with Crippen LogP contribution in [0.25, 0.3) is 10.2 Å². The predicted molar refractivity (Wildman–Crippen MR) is 114 cm³/mol. The maximum atomic E-state index is 12.8. The van der Waals surface area contributed by atoms with E-state index in [0.717, 1.165) is 15.1 Å². The molecule has 4 nitrogen and oxygen atoms in total. The average molecular weight is 401 g/mol. The van der Waals surface area contributed by atoms with E-state index in [1.165, 1.54) is 5.56 Å². The van der Waals surface area contributed by atoms with Crippen LogP contribution in [0.3, 0.4) is 0 Å². The fourth-order valence-corrected chi connectivity index (χ4v) is 4.84. The summed E-state index contributed by atoms with van der Waals surface area (Å²) in [5, 5.41) is 0.467. The number of hydrogen-bond acceptors (Lipinski definition) is 4. The number of rotatable bonds is 6. The molecule has 0 bridgehead atoms. The zero-order chi connectivity index (χ0) is 19.4. The molecule has 1 aromatic heterocycles. The molecule has 6 heteroatoms. The highest BCUT2D eigenvalue weighted by Gasteiger charge is 2.10. The normalized spacial score (nSPS) is 12.3. The molecular formula is C21H24N2O2S2. The van der Waals surface area contributed by atoms with Crippen LogP contribution in [0.4, 0.5) is 0 Å². The number of fused-ring (bicyclic) bond motifs is 1. The Labute approximate surface area is 167 Å². The molecule has 0 atom stereocenters. The number of carbonyl (C=O) groups is 1. The lowest BCUT2D eigenvalue weighted by Gasteiger charge is -2.06. The highest BCUT2D eigenvalue weighted by molar-refractivity contribution is 7.99. The molecule has 0 aliphatic rings. The molecule has 142 valence electrons. The summed E-state index contributed by atoms with van der Waals surface area (Å²) in [6, 6.07) is 14.0. The van der Waals surface area contributed by atoms with E-state index >= 15 is 0 Å². The molecule has 27 heavy (non-hydrogen) atoms. The lowest BCUT2D eigenvalue weighted by Crippen LogP contribution is -2.19. The fourth-order valence-electron chi connectivity index (χ4n) is 2.79. The first-order valence-electron chi connectivity index (χ1n) is 8.92. The van der Waals surface area contributed by atoms with Crippen molar-refractivity contribution in [2.45, 2.75) is 37.5 Å². The smallest absolute Gasteiger partial charge is 0.279 e. The van der Waals surface area contributed by atoms with Crippen LogP contribution in [-0.2, 0) is 11.3 Å². The highest BCUT2D eigenvalue weighted by atomic mass is 32.2. The first-order valence-corrected chi connectivity index (χ1v) is 10.6. The van der Waals surface area contributed by atoms with Gasteiger partial charge in [0.1, 0.15) is 0 Å². The van der Waals surface area contributed by atoms with Crippen LogP contribution < -0.4 is 4.80 Å². The molecule has 0 radical (unpaired) electrons. The van der Waals surface area contributed by atoms with E-state index in [1.54, 1.807) is 30.2 Å². The number of ether oxygens (including phenoxy) is 1. The Balaban J connectivity index is 2.02. The summed E-state index contributed by atoms with van der Waals surface area (Å²) in [7, 11) is 1.68. The van der Waals surface area contributed by atoms with E-state index in [-0.39, 0.29) is 5.91 Å². The fraction of sp³-hybridized carbons (Fsp3) is 0.333. The lowest BCUT2D eigenvalue weighted by molar-refractivity contribution is 0.0997. The third-order valence-electron chi connectivity index (χ3n) is 4.01. The summed E-state index contributed by atoms with van der Waals surface area (Å²) in [5.41, 5.74) is 2.89. The van der Waals surface area contributed by atoms with E-state index in [9.17, 15) is 4.79 Å². The Hall–Kier alpha value is -1.89. The van der Waals surface area contributed by atoms with E-state index in [0.29, 0.717) is 28.8 Å². The van der Waals surface area contributed by atoms with Crippen molar-refractivity contribution in [3.05, 3.63) is 58.4 Å². The number of aryl methyl sites for hydroxylation is 1. The molecule has 0 aliphatic heterocycles. The number of thioether (sulfide) groups is 1. The minimum atomic E-state index is -0.212. The second-order valence-corrected chi connectivity index (χ2v) is 9.27. The Morgan fingerprint density at radius 3 is 2.81 bits per heavy atom. The van der Waals surface area contributed by atoms with Crippen molar-refractivity contribution in [2.75, 3.05) is 13.7 Å². The van der Waals surface area contributed by atoms with Crippen molar-refractivity contribution < 1.29 is 9.53 Å². The second-order valence-electron chi connectivity index (χ2n) is 6.61. The standard InChI is InChI=1S/C21H24N2O2S2/c1-14(2)26-17-7-5-6-16(13-17)20(24)22-21-23(10-11-25-4)18-9-8-15(3)12-19(18)27-21/h5-9,12-14H,10-11H2,1-4H3. The van der Waals surface area contributed by atoms with Gasteiger partial charge in [0.25, 0.3) is 5.91 Å². The quantitative estimate of drug-likeness (QED) is 0.553. The third-order valence-corrected chi connectivity index (χ3v) is 6.05. The topological polar surface area (TPSA) is 43.6 Å². The molecule has 1 amide bonds. The summed E-state index contributed by atoms with van der Waals surface area (Å²) >= 11 is 3.28. The highest BCUT2D eigenvalue weighted by Crippen LogP contribution is 2.24. The maximum Gasteiger partial charge on any atom is 0.279 e. The van der Waals surface area contributed by atoms with Gasteiger partial charge in [0.15, 0.2) is 4.80 Å². The van der Waals surface area contributed by atoms with Gasteiger partial charge >= 0.3 is 0 Å². The molecule has 0 fully saturated rings. The van der Waals surface area contributed by atoms with Gasteiger partial charge in [0.05, 0.1) is 16.8 Å². The largest absolute Gasteiger partial charge is 0.383 e. The minimum Gasteiger partial charge on any atom is -0.383 e. The zero-order valence-corrected chi connectivity index (χ0v) is 17.7. The zero-order valence-electron chi connectivity index (χ0n) is 16.1. The minimum absolute atomic E-state index is 0.212. The number of amides is 1. The second kappa shape index (κ2) is 8.87. The molecule has 3 rings (SSSR count). The van der Waals surface area contributed by atoms with Crippen LogP contribution in [-0.4, -0.2) is 29.4 Å². The molecule has 0 spiro atoms. The van der Waals surface area contributed by atoms with Gasteiger partial charge in [-0.2, -0.15) is 4.99 Å². The monoisotopic (exact) mass is 400 g/mol. The van der Waals surface area contributed by atoms with Crippen LogP contribution in [0.1, 0.15) is 29.8 Å². The van der Waals surface area contributed by atoms with Crippen LogP contribution in [0.2, 0.25) is 0 Å². The Bertz CT molecular complexity index is 1020. The number of carbonyl (C=O) groups excluding carboxylic acids is 1. The van der Waals surface area contributed by atoms with Crippen molar-refractivity contribution in [3.8, 4) is 0 Å². The Morgan fingerprint density at radius 2 is 2.07 bits per heavy atom. The van der Waals surface area contributed by atoms with Gasteiger partial charge in [0.2, 0.25) is 0 Å². The lowest BCUT2D eigenvalue weighted by atomic mass is 10.2. The van der Waals surface area contributed by atoms with Gasteiger partial charge in [-0.25, -0.2) is 0 Å². The van der Waals surface area contributed by atoms with E-state index in [1.807, 2.05) is 24.3 Å². The van der Waals surface area contributed by atoms with E-state index < -0.39 is 0 Å². The molecule has 0 unspecified atom stereocenters. The SMILES string of the molecule is COCCn1c(=NC(=O)c2cccc(SC(C)C)c2)sc2cc(C)ccc21. The van der Waals surface area contributed by atoms with Crippen LogP contribution in [0.15, 0.2) is 52.4 Å². The summed E-state index contributed by atoms with van der Waals surface area (Å²) in [6.45, 7) is 7.58. The van der Waals surface area contributed by atoms with E-state index in [2.05, 4.69) is 48.5 Å². The summed E-state index contributed by atoms with van der Waals surface area (Å²) in [4.78, 5) is 19.1. The first-order chi connectivity index (χ1) is 13.0. The molecule has 0 saturated carbocycles. The first kappa shape index (κ1) is 19.9. The summed E-state index contributed by atoms with van der Waals surface area (Å²) < 4.78 is 8.43. The predicted octanol–water partition coefficient (Wildman–Crippen LogP) is 4.90. The molecule has 1 heterocycles.